The maximum Gasteiger partial charge on any atom is 0.329 e. The number of aliphatic imine (C=N–C) groups is 1. The van der Waals surface area contributed by atoms with Crippen molar-refractivity contribution < 1.29 is 9.59 Å². The van der Waals surface area contributed by atoms with E-state index in [1.54, 1.807) is 12.1 Å². The SMILES string of the molecule is CC1(C2CC2)NC(=O)N(c2ccc(CN=C(N)N3CCSCC3)cc2)C1=O.I. The van der Waals surface area contributed by atoms with E-state index in [2.05, 4.69) is 15.2 Å². The lowest BCUT2D eigenvalue weighted by molar-refractivity contribution is -0.122. The second kappa shape index (κ2) is 8.48. The van der Waals surface area contributed by atoms with Crippen LogP contribution in [-0.4, -0.2) is 52.9 Å². The first-order valence-corrected chi connectivity index (χ1v) is 10.5. The standard InChI is InChI=1S/C19H25N5O2S.HI/c1-19(14-4-5-14)16(25)24(18(26)22-19)15-6-2-13(3-7-15)12-21-17(20)23-8-10-27-11-9-23;/h2-3,6-7,14H,4-5,8-12H2,1H3,(H2,20,21)(H,22,26);1H. The van der Waals surface area contributed by atoms with Crippen LogP contribution in [0.25, 0.3) is 0 Å². The summed E-state index contributed by atoms with van der Waals surface area (Å²) >= 11 is 1.93. The molecule has 1 unspecified atom stereocenters. The summed E-state index contributed by atoms with van der Waals surface area (Å²) in [7, 11) is 0. The number of hydrogen-bond acceptors (Lipinski definition) is 4. The van der Waals surface area contributed by atoms with E-state index >= 15 is 0 Å². The van der Waals surface area contributed by atoms with Crippen LogP contribution in [-0.2, 0) is 11.3 Å². The average Bonchev–Trinajstić information content (AvgIpc) is 3.50. The minimum Gasteiger partial charge on any atom is -0.370 e. The Labute approximate surface area is 186 Å². The molecule has 3 N–H and O–H groups in total. The number of imide groups is 1. The Bertz CT molecular complexity index is 777. The highest BCUT2D eigenvalue weighted by Gasteiger charge is 2.56. The molecule has 1 saturated carbocycles. The van der Waals surface area contributed by atoms with Crippen molar-refractivity contribution in [2.24, 2.45) is 16.6 Å². The minimum atomic E-state index is -0.763. The van der Waals surface area contributed by atoms with Crippen molar-refractivity contribution in [3.63, 3.8) is 0 Å². The first-order valence-electron chi connectivity index (χ1n) is 9.37. The third-order valence-electron chi connectivity index (χ3n) is 5.56. The average molecular weight is 515 g/mol. The second-order valence-corrected chi connectivity index (χ2v) is 8.71. The zero-order valence-electron chi connectivity index (χ0n) is 15.9. The molecule has 0 spiro atoms. The summed E-state index contributed by atoms with van der Waals surface area (Å²) in [6.45, 7) is 4.18. The van der Waals surface area contributed by atoms with Crippen LogP contribution in [0.2, 0.25) is 0 Å². The molecule has 1 aliphatic carbocycles. The largest absolute Gasteiger partial charge is 0.370 e. The van der Waals surface area contributed by atoms with Crippen LogP contribution in [0, 0.1) is 5.92 Å². The minimum absolute atomic E-state index is 0. The summed E-state index contributed by atoms with van der Waals surface area (Å²) < 4.78 is 0. The van der Waals surface area contributed by atoms with Gasteiger partial charge in [-0.15, -0.1) is 24.0 Å². The Morgan fingerprint density at radius 3 is 2.50 bits per heavy atom. The van der Waals surface area contributed by atoms with Crippen molar-refractivity contribution in [1.82, 2.24) is 10.2 Å². The van der Waals surface area contributed by atoms with E-state index in [-0.39, 0.29) is 41.8 Å². The number of amides is 3. The van der Waals surface area contributed by atoms with Gasteiger partial charge in [0.25, 0.3) is 5.91 Å². The van der Waals surface area contributed by atoms with Crippen LogP contribution in [0.5, 0.6) is 0 Å². The van der Waals surface area contributed by atoms with Gasteiger partial charge in [0, 0.05) is 24.6 Å². The molecule has 4 rings (SSSR count). The van der Waals surface area contributed by atoms with Gasteiger partial charge in [0.05, 0.1) is 12.2 Å². The highest BCUT2D eigenvalue weighted by atomic mass is 127. The Hall–Kier alpha value is -1.49. The molecule has 1 aromatic carbocycles. The van der Waals surface area contributed by atoms with Gasteiger partial charge in [-0.05, 0) is 43.4 Å². The van der Waals surface area contributed by atoms with Crippen LogP contribution < -0.4 is 16.0 Å². The van der Waals surface area contributed by atoms with Crippen LogP contribution in [0.1, 0.15) is 25.3 Å². The third kappa shape index (κ3) is 4.10. The number of urea groups is 1. The highest BCUT2D eigenvalue weighted by Crippen LogP contribution is 2.43. The summed E-state index contributed by atoms with van der Waals surface area (Å²) in [6.07, 6.45) is 1.98. The number of nitrogens with zero attached hydrogens (tertiary/aromatic N) is 3. The van der Waals surface area contributed by atoms with E-state index in [9.17, 15) is 9.59 Å². The van der Waals surface area contributed by atoms with Crippen LogP contribution in [0.4, 0.5) is 10.5 Å². The van der Waals surface area contributed by atoms with Gasteiger partial charge in [-0.1, -0.05) is 12.1 Å². The van der Waals surface area contributed by atoms with Gasteiger partial charge in [-0.3, -0.25) is 4.79 Å². The second-order valence-electron chi connectivity index (χ2n) is 7.49. The quantitative estimate of drug-likeness (QED) is 0.278. The molecule has 28 heavy (non-hydrogen) atoms. The zero-order chi connectivity index (χ0) is 19.0. The first-order chi connectivity index (χ1) is 13.0. The topological polar surface area (TPSA) is 91.0 Å². The number of hydrogen-bond donors (Lipinski definition) is 2. The van der Waals surface area contributed by atoms with Gasteiger partial charge in [0.2, 0.25) is 0 Å². The highest BCUT2D eigenvalue weighted by molar-refractivity contribution is 14.0. The predicted molar refractivity (Wildman–Crippen MR) is 123 cm³/mol. The fraction of sp³-hybridized carbons (Fsp3) is 0.526. The summed E-state index contributed by atoms with van der Waals surface area (Å²) in [4.78, 5) is 33.0. The normalized spacial score (nSPS) is 25.5. The number of halogens is 1. The van der Waals surface area contributed by atoms with Crippen molar-refractivity contribution >= 4 is 59.3 Å². The maximum atomic E-state index is 12.8. The fourth-order valence-electron chi connectivity index (χ4n) is 3.64. The Kier molecular flexibility index (Phi) is 6.43. The van der Waals surface area contributed by atoms with Gasteiger partial charge >= 0.3 is 6.03 Å². The molecule has 3 amide bonds. The number of rotatable bonds is 4. The van der Waals surface area contributed by atoms with Crippen molar-refractivity contribution in [2.45, 2.75) is 31.8 Å². The molecule has 2 aliphatic heterocycles. The molecular formula is C19H26IN5O2S. The molecule has 2 heterocycles. The van der Waals surface area contributed by atoms with Crippen LogP contribution in [0.15, 0.2) is 29.3 Å². The fourth-order valence-corrected chi connectivity index (χ4v) is 4.55. The number of benzene rings is 1. The maximum absolute atomic E-state index is 12.8. The zero-order valence-corrected chi connectivity index (χ0v) is 19.0. The molecule has 2 saturated heterocycles. The molecule has 7 nitrogen and oxygen atoms in total. The molecule has 0 bridgehead atoms. The predicted octanol–water partition coefficient (Wildman–Crippen LogP) is 2.39. The summed E-state index contributed by atoms with van der Waals surface area (Å²) in [6, 6.07) is 7.05. The van der Waals surface area contributed by atoms with Gasteiger partial charge < -0.3 is 16.0 Å². The monoisotopic (exact) mass is 515 g/mol. The summed E-state index contributed by atoms with van der Waals surface area (Å²) in [5.74, 6) is 2.83. The van der Waals surface area contributed by atoms with Gasteiger partial charge in [0.1, 0.15) is 5.54 Å². The number of thioether (sulfide) groups is 1. The number of nitrogens with one attached hydrogen (secondary N) is 1. The molecule has 0 radical (unpaired) electrons. The number of carbonyl (C=O) groups is 2. The Morgan fingerprint density at radius 2 is 1.89 bits per heavy atom. The smallest absolute Gasteiger partial charge is 0.329 e. The molecule has 0 aromatic heterocycles. The number of nitrogens with two attached hydrogens (primary N) is 1. The molecule has 1 atom stereocenters. The Balaban J connectivity index is 0.00000225. The van der Waals surface area contributed by atoms with Gasteiger partial charge in [0.15, 0.2) is 5.96 Å². The number of carbonyl (C=O) groups excluding carboxylic acids is 2. The van der Waals surface area contributed by atoms with Crippen molar-refractivity contribution in [1.29, 1.82) is 0 Å². The van der Waals surface area contributed by atoms with E-state index in [0.29, 0.717) is 18.2 Å². The van der Waals surface area contributed by atoms with Crippen LogP contribution >= 0.6 is 35.7 Å². The van der Waals surface area contributed by atoms with Gasteiger partial charge in [-0.25, -0.2) is 14.7 Å². The van der Waals surface area contributed by atoms with Crippen molar-refractivity contribution in [3.05, 3.63) is 29.8 Å². The third-order valence-corrected chi connectivity index (χ3v) is 6.51. The summed E-state index contributed by atoms with van der Waals surface area (Å²) in [5.41, 5.74) is 6.91. The molecule has 152 valence electrons. The molecular weight excluding hydrogens is 489 g/mol. The van der Waals surface area contributed by atoms with E-state index in [1.807, 2.05) is 30.8 Å². The molecule has 3 fully saturated rings. The van der Waals surface area contributed by atoms with E-state index in [0.717, 1.165) is 43.0 Å². The van der Waals surface area contributed by atoms with Crippen molar-refractivity contribution in [2.75, 3.05) is 29.5 Å². The van der Waals surface area contributed by atoms with Crippen molar-refractivity contribution in [3.8, 4) is 0 Å². The Morgan fingerprint density at radius 1 is 1.25 bits per heavy atom. The summed E-state index contributed by atoms with van der Waals surface area (Å²) in [5, 5.41) is 2.87. The van der Waals surface area contributed by atoms with Crippen LogP contribution in [0.3, 0.4) is 0 Å². The van der Waals surface area contributed by atoms with E-state index in [1.165, 1.54) is 4.90 Å². The van der Waals surface area contributed by atoms with Gasteiger partial charge in [-0.2, -0.15) is 11.8 Å². The number of guanidine groups is 1. The first kappa shape index (κ1) is 21.2. The number of anilines is 1. The molecule has 9 heteroatoms. The lowest BCUT2D eigenvalue weighted by atomic mass is 9.96. The van der Waals surface area contributed by atoms with E-state index < -0.39 is 5.54 Å². The lowest BCUT2D eigenvalue weighted by Crippen LogP contribution is -2.46. The molecule has 3 aliphatic rings. The lowest BCUT2D eigenvalue weighted by Gasteiger charge is -2.27. The van der Waals surface area contributed by atoms with E-state index in [4.69, 9.17) is 5.73 Å². The molecule has 1 aromatic rings.